The van der Waals surface area contributed by atoms with Gasteiger partial charge < -0.3 is 4.74 Å². The second-order valence-corrected chi connectivity index (χ2v) is 6.53. The van der Waals surface area contributed by atoms with Crippen molar-refractivity contribution in [1.29, 1.82) is 5.26 Å². The van der Waals surface area contributed by atoms with E-state index in [1.54, 1.807) is 42.5 Å². The maximum atomic E-state index is 12.7. The SMILES string of the molecule is COc1ccccc1/C=N/NC(=O)c1nn(-c2ccc(Cl)cc2)c(=O)c(C#N)c1C. The normalized spacial score (nSPS) is 10.6. The molecule has 1 aromatic heterocycles. The standard InChI is InChI=1S/C21H16ClN5O3/c1-13-17(11-23)21(29)27(16-9-7-15(22)8-10-16)26-19(13)20(28)25-24-12-14-5-3-4-6-18(14)30-2/h3-10,12H,1-2H3,(H,25,28)/b24-12+. The Morgan fingerprint density at radius 1 is 1.27 bits per heavy atom. The van der Waals surface area contributed by atoms with Crippen LogP contribution < -0.4 is 15.7 Å². The summed E-state index contributed by atoms with van der Waals surface area (Å²) in [5.74, 6) is -0.0780. The molecule has 3 aromatic rings. The number of carbonyl (C=O) groups excluding carboxylic acids is 1. The van der Waals surface area contributed by atoms with Crippen LogP contribution in [0.25, 0.3) is 5.69 Å². The number of nitrogens with one attached hydrogen (secondary N) is 1. The van der Waals surface area contributed by atoms with Gasteiger partial charge in [0.25, 0.3) is 11.5 Å². The molecule has 9 heteroatoms. The molecule has 8 nitrogen and oxygen atoms in total. The third kappa shape index (κ3) is 4.21. The highest BCUT2D eigenvalue weighted by Crippen LogP contribution is 2.15. The predicted octanol–water partition coefficient (Wildman–Crippen LogP) is 2.84. The number of rotatable bonds is 5. The molecule has 0 spiro atoms. The number of hydrogen-bond acceptors (Lipinski definition) is 6. The monoisotopic (exact) mass is 421 g/mol. The summed E-state index contributed by atoms with van der Waals surface area (Å²) in [5.41, 5.74) is 2.64. The van der Waals surface area contributed by atoms with E-state index >= 15 is 0 Å². The zero-order valence-electron chi connectivity index (χ0n) is 16.1. The molecule has 0 atom stereocenters. The van der Waals surface area contributed by atoms with Crippen molar-refractivity contribution in [2.24, 2.45) is 5.10 Å². The van der Waals surface area contributed by atoms with Gasteiger partial charge in [0, 0.05) is 16.1 Å². The fraction of sp³-hybridized carbons (Fsp3) is 0.0952. The molecule has 0 saturated carbocycles. The summed E-state index contributed by atoms with van der Waals surface area (Å²) in [6.45, 7) is 1.48. The number of para-hydroxylation sites is 1. The van der Waals surface area contributed by atoms with Gasteiger partial charge in [0.1, 0.15) is 17.4 Å². The molecule has 0 unspecified atom stereocenters. The first-order valence-corrected chi connectivity index (χ1v) is 9.10. The maximum absolute atomic E-state index is 12.7. The van der Waals surface area contributed by atoms with E-state index in [0.29, 0.717) is 22.0 Å². The molecule has 2 aromatic carbocycles. The van der Waals surface area contributed by atoms with Gasteiger partial charge in [-0.25, -0.2) is 5.43 Å². The molecular weight excluding hydrogens is 406 g/mol. The fourth-order valence-corrected chi connectivity index (χ4v) is 2.82. The van der Waals surface area contributed by atoms with Crippen LogP contribution >= 0.6 is 11.6 Å². The highest BCUT2D eigenvalue weighted by molar-refractivity contribution is 6.30. The molecular formula is C21H16ClN5O3. The van der Waals surface area contributed by atoms with Crippen LogP contribution in [-0.2, 0) is 0 Å². The Morgan fingerprint density at radius 3 is 2.63 bits per heavy atom. The van der Waals surface area contributed by atoms with Crippen molar-refractivity contribution in [3.05, 3.63) is 86.3 Å². The van der Waals surface area contributed by atoms with Gasteiger partial charge >= 0.3 is 0 Å². The molecule has 150 valence electrons. The summed E-state index contributed by atoms with van der Waals surface area (Å²) in [5, 5.41) is 18.0. The molecule has 0 fully saturated rings. The highest BCUT2D eigenvalue weighted by Gasteiger charge is 2.20. The Bertz CT molecular complexity index is 1230. The number of benzene rings is 2. The van der Waals surface area contributed by atoms with E-state index in [1.165, 1.54) is 20.2 Å². The van der Waals surface area contributed by atoms with Crippen molar-refractivity contribution in [3.63, 3.8) is 0 Å². The van der Waals surface area contributed by atoms with Crippen LogP contribution in [0.4, 0.5) is 0 Å². The summed E-state index contributed by atoms with van der Waals surface area (Å²) >= 11 is 5.88. The van der Waals surface area contributed by atoms with Gasteiger partial charge in [-0.2, -0.15) is 20.1 Å². The third-order valence-corrected chi connectivity index (χ3v) is 4.50. The lowest BCUT2D eigenvalue weighted by atomic mass is 10.1. The van der Waals surface area contributed by atoms with Crippen LogP contribution in [0.15, 0.2) is 58.4 Å². The summed E-state index contributed by atoms with van der Waals surface area (Å²) in [4.78, 5) is 25.3. The number of nitrogens with zero attached hydrogens (tertiary/aromatic N) is 4. The van der Waals surface area contributed by atoms with Crippen LogP contribution in [0.5, 0.6) is 5.75 Å². The van der Waals surface area contributed by atoms with Crippen molar-refractivity contribution >= 4 is 23.7 Å². The van der Waals surface area contributed by atoms with Crippen LogP contribution in [0.3, 0.4) is 0 Å². The molecule has 1 amide bonds. The van der Waals surface area contributed by atoms with Gasteiger partial charge in [-0.1, -0.05) is 23.7 Å². The van der Waals surface area contributed by atoms with Crippen LogP contribution in [0, 0.1) is 18.3 Å². The van der Waals surface area contributed by atoms with E-state index in [-0.39, 0.29) is 16.8 Å². The minimum atomic E-state index is -0.669. The number of nitriles is 1. The Labute approximate surface area is 177 Å². The predicted molar refractivity (Wildman–Crippen MR) is 112 cm³/mol. The number of halogens is 1. The van der Waals surface area contributed by atoms with Crippen molar-refractivity contribution in [3.8, 4) is 17.5 Å². The van der Waals surface area contributed by atoms with Gasteiger partial charge in [-0.3, -0.25) is 9.59 Å². The molecule has 3 rings (SSSR count). The summed E-state index contributed by atoms with van der Waals surface area (Å²) in [6, 6.07) is 15.3. The summed E-state index contributed by atoms with van der Waals surface area (Å²) < 4.78 is 6.21. The molecule has 1 N–H and O–H groups in total. The molecule has 0 saturated heterocycles. The zero-order chi connectivity index (χ0) is 21.7. The van der Waals surface area contributed by atoms with Crippen molar-refractivity contribution in [1.82, 2.24) is 15.2 Å². The molecule has 0 aliphatic rings. The van der Waals surface area contributed by atoms with E-state index in [2.05, 4.69) is 15.6 Å². The Kier molecular flexibility index (Phi) is 6.25. The molecule has 30 heavy (non-hydrogen) atoms. The first-order valence-electron chi connectivity index (χ1n) is 8.72. The van der Waals surface area contributed by atoms with Gasteiger partial charge in [0.05, 0.1) is 19.0 Å². The van der Waals surface area contributed by atoms with Crippen LogP contribution in [0.2, 0.25) is 5.02 Å². The lowest BCUT2D eigenvalue weighted by molar-refractivity contribution is 0.0947. The van der Waals surface area contributed by atoms with Crippen LogP contribution in [-0.4, -0.2) is 29.0 Å². The number of amides is 1. The van der Waals surface area contributed by atoms with Crippen LogP contribution in [0.1, 0.15) is 27.2 Å². The molecule has 0 aliphatic heterocycles. The van der Waals surface area contributed by atoms with Gasteiger partial charge in [-0.05, 0) is 43.3 Å². The quantitative estimate of drug-likeness (QED) is 0.503. The lowest BCUT2D eigenvalue weighted by Crippen LogP contribution is -2.31. The fourth-order valence-electron chi connectivity index (χ4n) is 2.70. The molecule has 0 aliphatic carbocycles. The van der Waals surface area contributed by atoms with Crippen molar-refractivity contribution < 1.29 is 9.53 Å². The Morgan fingerprint density at radius 2 is 1.97 bits per heavy atom. The molecule has 1 heterocycles. The number of ether oxygens (including phenoxy) is 1. The average Bonchev–Trinajstić information content (AvgIpc) is 2.75. The van der Waals surface area contributed by atoms with E-state index in [0.717, 1.165) is 4.68 Å². The smallest absolute Gasteiger partial charge is 0.292 e. The number of aromatic nitrogens is 2. The van der Waals surface area contributed by atoms with E-state index in [1.807, 2.05) is 12.1 Å². The van der Waals surface area contributed by atoms with Gasteiger partial charge in [0.15, 0.2) is 5.69 Å². The second-order valence-electron chi connectivity index (χ2n) is 6.09. The highest BCUT2D eigenvalue weighted by atomic mass is 35.5. The van der Waals surface area contributed by atoms with Crippen molar-refractivity contribution in [2.45, 2.75) is 6.92 Å². The van der Waals surface area contributed by atoms with E-state index < -0.39 is 11.5 Å². The lowest BCUT2D eigenvalue weighted by Gasteiger charge is -2.10. The number of hydrazone groups is 1. The Balaban J connectivity index is 1.96. The Hall–Kier alpha value is -3.96. The largest absolute Gasteiger partial charge is 0.496 e. The molecule has 0 bridgehead atoms. The maximum Gasteiger partial charge on any atom is 0.292 e. The topological polar surface area (TPSA) is 109 Å². The van der Waals surface area contributed by atoms with Gasteiger partial charge in [0.2, 0.25) is 0 Å². The zero-order valence-corrected chi connectivity index (χ0v) is 16.8. The first-order chi connectivity index (χ1) is 14.5. The summed E-state index contributed by atoms with van der Waals surface area (Å²) in [7, 11) is 1.53. The van der Waals surface area contributed by atoms with E-state index in [4.69, 9.17) is 16.3 Å². The number of methoxy groups -OCH3 is 1. The second kappa shape index (κ2) is 9.03. The number of carbonyl (C=O) groups is 1. The molecule has 0 radical (unpaired) electrons. The third-order valence-electron chi connectivity index (χ3n) is 4.24. The van der Waals surface area contributed by atoms with Crippen molar-refractivity contribution in [2.75, 3.05) is 7.11 Å². The minimum absolute atomic E-state index is 0.0988. The van der Waals surface area contributed by atoms with Gasteiger partial charge in [-0.15, -0.1) is 0 Å². The summed E-state index contributed by atoms with van der Waals surface area (Å²) in [6.07, 6.45) is 1.42. The van der Waals surface area contributed by atoms with E-state index in [9.17, 15) is 14.9 Å². The minimum Gasteiger partial charge on any atom is -0.496 e. The first kappa shape index (κ1) is 20.8. The number of hydrogen-bond donors (Lipinski definition) is 1. The average molecular weight is 422 g/mol.